The molecule has 25 heavy (non-hydrogen) atoms. The van der Waals surface area contributed by atoms with Crippen LogP contribution in [0.3, 0.4) is 0 Å². The Hall–Kier alpha value is -1.75. The van der Waals surface area contributed by atoms with Gasteiger partial charge in [0, 0.05) is 18.2 Å². The van der Waals surface area contributed by atoms with Crippen molar-refractivity contribution in [1.82, 2.24) is 5.32 Å². The molecule has 0 unspecified atom stereocenters. The van der Waals surface area contributed by atoms with Crippen LogP contribution in [0, 0.1) is 5.92 Å². The van der Waals surface area contributed by atoms with Crippen LogP contribution in [0.2, 0.25) is 5.02 Å². The first-order chi connectivity index (χ1) is 12.0. The molecule has 0 saturated heterocycles. The minimum atomic E-state index is -0.0314. The second-order valence-corrected chi connectivity index (χ2v) is 7.28. The molecular formula is C19H28ClN3O2. The van der Waals surface area contributed by atoms with E-state index in [4.69, 9.17) is 11.6 Å². The van der Waals surface area contributed by atoms with Gasteiger partial charge in [-0.25, -0.2) is 0 Å². The zero-order valence-electron chi connectivity index (χ0n) is 15.0. The van der Waals surface area contributed by atoms with Crippen molar-refractivity contribution in [3.8, 4) is 0 Å². The fourth-order valence-electron chi connectivity index (χ4n) is 3.05. The molecule has 0 spiro atoms. The van der Waals surface area contributed by atoms with Gasteiger partial charge in [0.15, 0.2) is 0 Å². The second kappa shape index (κ2) is 9.66. The molecule has 138 valence electrons. The molecule has 3 N–H and O–H groups in total. The number of anilines is 2. The van der Waals surface area contributed by atoms with E-state index >= 15 is 0 Å². The minimum Gasteiger partial charge on any atom is -0.375 e. The molecule has 1 aliphatic rings. The monoisotopic (exact) mass is 365 g/mol. The van der Waals surface area contributed by atoms with Gasteiger partial charge < -0.3 is 16.0 Å². The van der Waals surface area contributed by atoms with Crippen molar-refractivity contribution in [2.75, 3.05) is 17.2 Å². The Bertz CT molecular complexity index is 598. The zero-order valence-corrected chi connectivity index (χ0v) is 15.8. The molecule has 6 heteroatoms. The summed E-state index contributed by atoms with van der Waals surface area (Å²) in [5.74, 6) is 0.701. The summed E-state index contributed by atoms with van der Waals surface area (Å²) in [6.07, 6.45) is 5.71. The first kappa shape index (κ1) is 19.6. The van der Waals surface area contributed by atoms with Crippen LogP contribution in [-0.2, 0) is 9.59 Å². The van der Waals surface area contributed by atoms with Gasteiger partial charge in [-0.15, -0.1) is 0 Å². The highest BCUT2D eigenvalue weighted by Gasteiger charge is 2.19. The summed E-state index contributed by atoms with van der Waals surface area (Å²) in [7, 11) is 0. The number of rotatable bonds is 7. The number of nitrogens with one attached hydrogen (secondary N) is 3. The van der Waals surface area contributed by atoms with Crippen molar-refractivity contribution in [2.24, 2.45) is 5.92 Å². The molecule has 1 fully saturated rings. The van der Waals surface area contributed by atoms with Crippen LogP contribution in [0.1, 0.15) is 52.4 Å². The number of benzene rings is 1. The zero-order chi connectivity index (χ0) is 18.2. The number of carbonyl (C=O) groups is 2. The number of carbonyl (C=O) groups excluding carboxylic acids is 2. The van der Waals surface area contributed by atoms with Crippen molar-refractivity contribution < 1.29 is 9.59 Å². The highest BCUT2D eigenvalue weighted by atomic mass is 35.5. The molecule has 1 aliphatic carbocycles. The third-order valence-electron chi connectivity index (χ3n) is 4.55. The standard InChI is InChI=1S/C19H28ClN3O2/c1-3-4-18(24)23-15-9-10-16(20)17(11-15)21-12-19(25)22-14-7-5-13(2)6-8-14/h9-11,13-14,21H,3-8,12H2,1-2H3,(H,22,25)(H,23,24). The SMILES string of the molecule is CCCC(=O)Nc1ccc(Cl)c(NCC(=O)NC2CCC(C)CC2)c1. The Kier molecular flexibility index (Phi) is 7.56. The smallest absolute Gasteiger partial charge is 0.239 e. The first-order valence-corrected chi connectivity index (χ1v) is 9.48. The lowest BCUT2D eigenvalue weighted by Gasteiger charge is -2.27. The molecule has 2 rings (SSSR count). The topological polar surface area (TPSA) is 70.2 Å². The van der Waals surface area contributed by atoms with E-state index in [0.29, 0.717) is 22.8 Å². The van der Waals surface area contributed by atoms with E-state index in [1.807, 2.05) is 6.92 Å². The lowest BCUT2D eigenvalue weighted by atomic mass is 9.87. The molecule has 1 aromatic rings. The van der Waals surface area contributed by atoms with Gasteiger partial charge in [-0.05, 0) is 56.2 Å². The van der Waals surface area contributed by atoms with Crippen LogP contribution in [0.5, 0.6) is 0 Å². The Balaban J connectivity index is 1.84. The van der Waals surface area contributed by atoms with Crippen LogP contribution in [0.4, 0.5) is 11.4 Å². The fraction of sp³-hybridized carbons (Fsp3) is 0.579. The highest BCUT2D eigenvalue weighted by Crippen LogP contribution is 2.26. The van der Waals surface area contributed by atoms with Crippen molar-refractivity contribution >= 4 is 34.8 Å². The van der Waals surface area contributed by atoms with E-state index < -0.39 is 0 Å². The molecule has 0 atom stereocenters. The Morgan fingerprint density at radius 3 is 2.56 bits per heavy atom. The summed E-state index contributed by atoms with van der Waals surface area (Å²) in [4.78, 5) is 23.8. The van der Waals surface area contributed by atoms with E-state index in [1.165, 1.54) is 12.8 Å². The maximum Gasteiger partial charge on any atom is 0.239 e. The number of halogens is 1. The Morgan fingerprint density at radius 1 is 1.16 bits per heavy atom. The number of hydrogen-bond donors (Lipinski definition) is 3. The Labute approximate surface area is 154 Å². The van der Waals surface area contributed by atoms with Crippen LogP contribution in [0.15, 0.2) is 18.2 Å². The van der Waals surface area contributed by atoms with Gasteiger partial charge in [0.05, 0.1) is 17.3 Å². The van der Waals surface area contributed by atoms with Crippen molar-refractivity contribution in [2.45, 2.75) is 58.4 Å². The van der Waals surface area contributed by atoms with Crippen molar-refractivity contribution in [3.63, 3.8) is 0 Å². The van der Waals surface area contributed by atoms with Crippen LogP contribution >= 0.6 is 11.6 Å². The maximum absolute atomic E-state index is 12.1. The van der Waals surface area contributed by atoms with E-state index in [0.717, 1.165) is 25.2 Å². The van der Waals surface area contributed by atoms with Crippen LogP contribution in [-0.4, -0.2) is 24.4 Å². The van der Waals surface area contributed by atoms with Gasteiger partial charge >= 0.3 is 0 Å². The predicted octanol–water partition coefficient (Wildman–Crippen LogP) is 4.19. The quantitative estimate of drug-likeness (QED) is 0.678. The predicted molar refractivity (Wildman–Crippen MR) is 103 cm³/mol. The lowest BCUT2D eigenvalue weighted by Crippen LogP contribution is -2.40. The summed E-state index contributed by atoms with van der Waals surface area (Å²) >= 11 is 6.18. The van der Waals surface area contributed by atoms with Gasteiger partial charge in [0.2, 0.25) is 11.8 Å². The second-order valence-electron chi connectivity index (χ2n) is 6.87. The molecule has 1 saturated carbocycles. The highest BCUT2D eigenvalue weighted by molar-refractivity contribution is 6.33. The van der Waals surface area contributed by atoms with Crippen molar-refractivity contribution in [3.05, 3.63) is 23.2 Å². The molecule has 0 aromatic heterocycles. The molecule has 1 aromatic carbocycles. The molecule has 5 nitrogen and oxygen atoms in total. The average molecular weight is 366 g/mol. The van der Waals surface area contributed by atoms with Gasteiger partial charge in [-0.1, -0.05) is 25.4 Å². The molecule has 0 aliphatic heterocycles. The number of hydrogen-bond acceptors (Lipinski definition) is 3. The van der Waals surface area contributed by atoms with Gasteiger partial charge in [0.25, 0.3) is 0 Å². The third kappa shape index (κ3) is 6.58. The summed E-state index contributed by atoms with van der Waals surface area (Å²) in [5, 5.41) is 9.49. The van der Waals surface area contributed by atoms with Gasteiger partial charge in [-0.3, -0.25) is 9.59 Å². The van der Waals surface area contributed by atoms with E-state index in [2.05, 4.69) is 22.9 Å². The lowest BCUT2D eigenvalue weighted by molar-refractivity contribution is -0.120. The van der Waals surface area contributed by atoms with E-state index in [9.17, 15) is 9.59 Å². The van der Waals surface area contributed by atoms with Gasteiger partial charge in [0.1, 0.15) is 0 Å². The van der Waals surface area contributed by atoms with Crippen molar-refractivity contribution in [1.29, 1.82) is 0 Å². The summed E-state index contributed by atoms with van der Waals surface area (Å²) in [6, 6.07) is 5.50. The maximum atomic E-state index is 12.1. The van der Waals surface area contributed by atoms with Crippen LogP contribution < -0.4 is 16.0 Å². The molecule has 0 radical (unpaired) electrons. The average Bonchev–Trinajstić information content (AvgIpc) is 2.57. The minimum absolute atomic E-state index is 0.0277. The molecule has 0 bridgehead atoms. The largest absolute Gasteiger partial charge is 0.375 e. The van der Waals surface area contributed by atoms with E-state index in [-0.39, 0.29) is 24.4 Å². The van der Waals surface area contributed by atoms with Gasteiger partial charge in [-0.2, -0.15) is 0 Å². The summed E-state index contributed by atoms with van der Waals surface area (Å²) < 4.78 is 0. The fourth-order valence-corrected chi connectivity index (χ4v) is 3.23. The van der Waals surface area contributed by atoms with Crippen LogP contribution in [0.25, 0.3) is 0 Å². The normalized spacial score (nSPS) is 20.0. The summed E-state index contributed by atoms with van der Waals surface area (Å²) in [6.45, 7) is 4.38. The molecule has 2 amide bonds. The van der Waals surface area contributed by atoms with E-state index in [1.54, 1.807) is 18.2 Å². The summed E-state index contributed by atoms with van der Waals surface area (Å²) in [5.41, 5.74) is 1.32. The number of amides is 2. The third-order valence-corrected chi connectivity index (χ3v) is 4.88. The Morgan fingerprint density at radius 2 is 1.88 bits per heavy atom. The molecule has 0 heterocycles. The molecular weight excluding hydrogens is 338 g/mol. The first-order valence-electron chi connectivity index (χ1n) is 9.10.